The average Bonchev–Trinajstić information content (AvgIpc) is 2.54. The van der Waals surface area contributed by atoms with Gasteiger partial charge < -0.3 is 10.6 Å². The van der Waals surface area contributed by atoms with Crippen LogP contribution < -0.4 is 10.6 Å². The second kappa shape index (κ2) is 8.18. The normalized spacial score (nSPS) is 15.3. The molecule has 1 aromatic rings. The molecule has 21 heavy (non-hydrogen) atoms. The highest BCUT2D eigenvalue weighted by molar-refractivity contribution is 5.94. The molecular formula is C18H28N2O. The summed E-state index contributed by atoms with van der Waals surface area (Å²) >= 11 is 0. The lowest BCUT2D eigenvalue weighted by atomic mass is 9.97. The minimum Gasteiger partial charge on any atom is -0.352 e. The molecule has 0 fully saturated rings. The number of hydrogen-bond donors (Lipinski definition) is 2. The van der Waals surface area contributed by atoms with Crippen LogP contribution in [0.25, 0.3) is 0 Å². The van der Waals surface area contributed by atoms with Crippen LogP contribution in [-0.2, 0) is 13.0 Å². The van der Waals surface area contributed by atoms with Gasteiger partial charge in [-0.05, 0) is 48.6 Å². The van der Waals surface area contributed by atoms with Crippen molar-refractivity contribution in [3.05, 3.63) is 34.9 Å². The maximum Gasteiger partial charge on any atom is 0.251 e. The summed E-state index contributed by atoms with van der Waals surface area (Å²) in [5, 5.41) is 6.46. The molecule has 1 heterocycles. The van der Waals surface area contributed by atoms with Crippen molar-refractivity contribution in [2.24, 2.45) is 5.92 Å². The molecule has 0 radical (unpaired) electrons. The largest absolute Gasteiger partial charge is 0.352 e. The molecule has 0 aliphatic carbocycles. The average molecular weight is 288 g/mol. The number of rotatable bonds is 7. The predicted octanol–water partition coefficient (Wildman–Crippen LogP) is 3.28. The Labute approximate surface area is 128 Å². The SMILES string of the molecule is CCCCC(CC)CNC(=O)c1ccc2c(c1)CNCC2. The number of benzene rings is 1. The highest BCUT2D eigenvalue weighted by Gasteiger charge is 2.13. The van der Waals surface area contributed by atoms with Crippen LogP contribution in [0, 0.1) is 5.92 Å². The number of carbonyl (C=O) groups is 1. The van der Waals surface area contributed by atoms with Crippen molar-refractivity contribution in [1.29, 1.82) is 0 Å². The first kappa shape index (κ1) is 16.0. The van der Waals surface area contributed by atoms with Gasteiger partial charge in [0.25, 0.3) is 5.91 Å². The van der Waals surface area contributed by atoms with Crippen LogP contribution in [0.3, 0.4) is 0 Å². The smallest absolute Gasteiger partial charge is 0.251 e. The zero-order valence-corrected chi connectivity index (χ0v) is 13.4. The zero-order valence-electron chi connectivity index (χ0n) is 13.4. The summed E-state index contributed by atoms with van der Waals surface area (Å²) in [6.07, 6.45) is 5.88. The molecule has 3 nitrogen and oxygen atoms in total. The number of nitrogens with one attached hydrogen (secondary N) is 2. The molecule has 116 valence electrons. The summed E-state index contributed by atoms with van der Waals surface area (Å²) < 4.78 is 0. The summed E-state index contributed by atoms with van der Waals surface area (Å²) in [5.41, 5.74) is 3.44. The number of amides is 1. The lowest BCUT2D eigenvalue weighted by Gasteiger charge is -2.18. The van der Waals surface area contributed by atoms with Crippen LogP contribution in [0.1, 0.15) is 61.0 Å². The maximum atomic E-state index is 12.3. The number of hydrogen-bond acceptors (Lipinski definition) is 2. The van der Waals surface area contributed by atoms with Crippen LogP contribution >= 0.6 is 0 Å². The summed E-state index contributed by atoms with van der Waals surface area (Å²) in [6, 6.07) is 6.12. The minimum atomic E-state index is 0.0679. The second-order valence-corrected chi connectivity index (χ2v) is 6.04. The first-order valence-electron chi connectivity index (χ1n) is 8.35. The lowest BCUT2D eigenvalue weighted by Crippen LogP contribution is -2.30. The number of carbonyl (C=O) groups excluding carboxylic acids is 1. The molecule has 1 aliphatic heterocycles. The molecule has 1 unspecified atom stereocenters. The molecular weight excluding hydrogens is 260 g/mol. The van der Waals surface area contributed by atoms with E-state index in [1.54, 1.807) is 0 Å². The Balaban J connectivity index is 1.90. The van der Waals surface area contributed by atoms with E-state index in [1.165, 1.54) is 30.4 Å². The number of fused-ring (bicyclic) bond motifs is 1. The Kier molecular flexibility index (Phi) is 6.24. The molecule has 0 saturated carbocycles. The van der Waals surface area contributed by atoms with E-state index >= 15 is 0 Å². The van der Waals surface area contributed by atoms with Gasteiger partial charge in [-0.25, -0.2) is 0 Å². The van der Waals surface area contributed by atoms with E-state index in [0.717, 1.165) is 38.0 Å². The molecule has 1 aliphatic rings. The third-order valence-electron chi connectivity index (χ3n) is 4.45. The Morgan fingerprint density at radius 1 is 1.33 bits per heavy atom. The van der Waals surface area contributed by atoms with Crippen LogP contribution in [0.4, 0.5) is 0 Å². The van der Waals surface area contributed by atoms with Crippen molar-refractivity contribution in [3.63, 3.8) is 0 Å². The van der Waals surface area contributed by atoms with Gasteiger partial charge in [0.15, 0.2) is 0 Å². The molecule has 2 rings (SSSR count). The molecule has 0 aromatic heterocycles. The Morgan fingerprint density at radius 2 is 2.19 bits per heavy atom. The summed E-state index contributed by atoms with van der Waals surface area (Å²) in [7, 11) is 0. The van der Waals surface area contributed by atoms with Crippen LogP contribution in [-0.4, -0.2) is 19.0 Å². The Bertz CT molecular complexity index is 470. The second-order valence-electron chi connectivity index (χ2n) is 6.04. The van der Waals surface area contributed by atoms with Gasteiger partial charge in [-0.3, -0.25) is 4.79 Å². The lowest BCUT2D eigenvalue weighted by molar-refractivity contribution is 0.0945. The molecule has 0 bridgehead atoms. The van der Waals surface area contributed by atoms with Gasteiger partial charge in [0.05, 0.1) is 0 Å². The van der Waals surface area contributed by atoms with Gasteiger partial charge in [0, 0.05) is 18.7 Å². The van der Waals surface area contributed by atoms with Crippen LogP contribution in [0.2, 0.25) is 0 Å². The minimum absolute atomic E-state index is 0.0679. The molecule has 1 amide bonds. The Morgan fingerprint density at radius 3 is 2.95 bits per heavy atom. The highest BCUT2D eigenvalue weighted by Crippen LogP contribution is 2.16. The zero-order chi connectivity index (χ0) is 15.1. The maximum absolute atomic E-state index is 12.3. The molecule has 1 atom stereocenters. The van der Waals surface area contributed by atoms with E-state index in [2.05, 4.69) is 30.5 Å². The molecule has 1 aromatic carbocycles. The van der Waals surface area contributed by atoms with Gasteiger partial charge in [0.2, 0.25) is 0 Å². The number of unbranched alkanes of at least 4 members (excludes halogenated alkanes) is 1. The van der Waals surface area contributed by atoms with E-state index in [1.807, 2.05) is 12.1 Å². The van der Waals surface area contributed by atoms with Gasteiger partial charge in [-0.2, -0.15) is 0 Å². The highest BCUT2D eigenvalue weighted by atomic mass is 16.1. The first-order chi connectivity index (χ1) is 10.2. The standard InChI is InChI=1S/C18H28N2O/c1-3-5-6-14(4-2)12-20-18(21)16-8-7-15-9-10-19-13-17(15)11-16/h7-8,11,14,19H,3-6,9-10,12-13H2,1-2H3,(H,20,21). The molecule has 0 saturated heterocycles. The quantitative estimate of drug-likeness (QED) is 0.808. The van der Waals surface area contributed by atoms with E-state index in [4.69, 9.17) is 0 Å². The van der Waals surface area contributed by atoms with Crippen molar-refractivity contribution < 1.29 is 4.79 Å². The third-order valence-corrected chi connectivity index (χ3v) is 4.45. The van der Waals surface area contributed by atoms with E-state index in [-0.39, 0.29) is 5.91 Å². The van der Waals surface area contributed by atoms with Crippen molar-refractivity contribution in [3.8, 4) is 0 Å². The van der Waals surface area contributed by atoms with Crippen molar-refractivity contribution in [2.75, 3.05) is 13.1 Å². The van der Waals surface area contributed by atoms with Crippen molar-refractivity contribution in [2.45, 2.75) is 52.5 Å². The van der Waals surface area contributed by atoms with E-state index in [0.29, 0.717) is 5.92 Å². The fourth-order valence-corrected chi connectivity index (χ4v) is 2.90. The summed E-state index contributed by atoms with van der Waals surface area (Å²) in [5.74, 6) is 0.673. The van der Waals surface area contributed by atoms with E-state index < -0.39 is 0 Å². The summed E-state index contributed by atoms with van der Waals surface area (Å²) in [6.45, 7) is 7.13. The monoisotopic (exact) mass is 288 g/mol. The van der Waals surface area contributed by atoms with Crippen LogP contribution in [0.5, 0.6) is 0 Å². The van der Waals surface area contributed by atoms with E-state index in [9.17, 15) is 4.79 Å². The predicted molar refractivity (Wildman–Crippen MR) is 87.5 cm³/mol. The van der Waals surface area contributed by atoms with Gasteiger partial charge in [-0.1, -0.05) is 39.2 Å². The van der Waals surface area contributed by atoms with Crippen LogP contribution in [0.15, 0.2) is 18.2 Å². The van der Waals surface area contributed by atoms with Crippen molar-refractivity contribution >= 4 is 5.91 Å². The van der Waals surface area contributed by atoms with Crippen molar-refractivity contribution in [1.82, 2.24) is 10.6 Å². The molecule has 0 spiro atoms. The first-order valence-corrected chi connectivity index (χ1v) is 8.35. The molecule has 3 heteroatoms. The summed E-state index contributed by atoms with van der Waals surface area (Å²) in [4.78, 5) is 12.3. The topological polar surface area (TPSA) is 41.1 Å². The van der Waals surface area contributed by atoms with Gasteiger partial charge >= 0.3 is 0 Å². The Hall–Kier alpha value is -1.35. The molecule has 2 N–H and O–H groups in total. The fraction of sp³-hybridized carbons (Fsp3) is 0.611. The van der Waals surface area contributed by atoms with Gasteiger partial charge in [-0.15, -0.1) is 0 Å². The fourth-order valence-electron chi connectivity index (χ4n) is 2.90. The van der Waals surface area contributed by atoms with Gasteiger partial charge in [0.1, 0.15) is 0 Å². The third kappa shape index (κ3) is 4.57.